The Kier molecular flexibility index (Phi) is 15.2. The van der Waals surface area contributed by atoms with Crippen molar-refractivity contribution in [1.29, 1.82) is 0 Å². The van der Waals surface area contributed by atoms with Crippen molar-refractivity contribution in [3.63, 3.8) is 0 Å². The Morgan fingerprint density at radius 3 is 1.48 bits per heavy atom. The molecule has 65 heavy (non-hydrogen) atoms. The third-order valence-corrected chi connectivity index (χ3v) is 19.2. The number of piperazine rings is 3. The van der Waals surface area contributed by atoms with E-state index in [9.17, 15) is 25.6 Å². The van der Waals surface area contributed by atoms with Gasteiger partial charge in [-0.05, 0) is 65.2 Å². The molecule has 3 saturated heterocycles. The number of imidazole rings is 2. The van der Waals surface area contributed by atoms with Crippen LogP contribution in [0.2, 0.25) is 0 Å². The molecule has 0 bridgehead atoms. The van der Waals surface area contributed by atoms with Gasteiger partial charge in [-0.3, -0.25) is 9.80 Å². The van der Waals surface area contributed by atoms with Crippen LogP contribution in [-0.2, 0) is 33.1 Å². The van der Waals surface area contributed by atoms with Crippen LogP contribution in [0.3, 0.4) is 0 Å². The highest BCUT2D eigenvalue weighted by molar-refractivity contribution is 9.11. The molecule has 0 saturated carbocycles. The molecular formula is C42H51BrF2N12O4S4. The van der Waals surface area contributed by atoms with Gasteiger partial charge in [0.1, 0.15) is 11.6 Å². The van der Waals surface area contributed by atoms with Gasteiger partial charge in [-0.2, -0.15) is 8.61 Å². The molecule has 3 aliphatic rings. The number of hydrogen-bond acceptors (Lipinski definition) is 14. The SMILES string of the molecule is C[C@H](c1ccc(F)cc1)n1cncc1CN1CCN(S(=O)(=O)c2cnc(Br)s2)CC1.C[C@H](c1ccc(F)cc1)n1cncc1CN1CCN(S(=O)(=O)c2cnc(N3CCNCC3)s2)CC1. The second-order valence-corrected chi connectivity index (χ2v) is 23.7. The monoisotopic (exact) mass is 1030 g/mol. The summed E-state index contributed by atoms with van der Waals surface area (Å²) < 4.78 is 86.9. The lowest BCUT2D eigenvalue weighted by Crippen LogP contribution is -2.48. The molecule has 7 heterocycles. The van der Waals surface area contributed by atoms with Crippen molar-refractivity contribution in [3.05, 3.63) is 124 Å². The van der Waals surface area contributed by atoms with Gasteiger partial charge in [0.25, 0.3) is 20.0 Å². The Hall–Kier alpha value is -4.04. The number of halogens is 3. The first kappa shape index (κ1) is 47.5. The van der Waals surface area contributed by atoms with Crippen LogP contribution in [0.15, 0.2) is 98.3 Å². The minimum atomic E-state index is -3.55. The Morgan fingerprint density at radius 1 is 0.615 bits per heavy atom. The average molecular weight is 1030 g/mol. The number of aromatic nitrogens is 6. The van der Waals surface area contributed by atoms with Crippen LogP contribution in [0.4, 0.5) is 13.9 Å². The Labute approximate surface area is 394 Å². The summed E-state index contributed by atoms with van der Waals surface area (Å²) in [6.45, 7) is 13.2. The highest BCUT2D eigenvalue weighted by atomic mass is 79.9. The van der Waals surface area contributed by atoms with Crippen LogP contribution >= 0.6 is 38.6 Å². The van der Waals surface area contributed by atoms with Crippen molar-refractivity contribution >= 4 is 63.8 Å². The van der Waals surface area contributed by atoms with Gasteiger partial charge < -0.3 is 19.4 Å². The third-order valence-electron chi connectivity index (χ3n) is 12.0. The molecule has 16 nitrogen and oxygen atoms in total. The summed E-state index contributed by atoms with van der Waals surface area (Å²) in [6, 6.07) is 13.1. The summed E-state index contributed by atoms with van der Waals surface area (Å²) in [5.74, 6) is -0.506. The summed E-state index contributed by atoms with van der Waals surface area (Å²) in [7, 11) is -7.06. The molecule has 4 aromatic heterocycles. The number of thiazole rings is 2. The van der Waals surface area contributed by atoms with Crippen LogP contribution in [-0.4, -0.2) is 143 Å². The predicted octanol–water partition coefficient (Wildman–Crippen LogP) is 5.36. The van der Waals surface area contributed by atoms with Crippen LogP contribution in [0.25, 0.3) is 0 Å². The number of anilines is 1. The fraction of sp³-hybridized carbons (Fsp3) is 0.429. The molecule has 0 aliphatic carbocycles. The van der Waals surface area contributed by atoms with Gasteiger partial charge in [-0.15, -0.1) is 0 Å². The van der Waals surface area contributed by atoms with Crippen molar-refractivity contribution in [2.75, 3.05) is 83.4 Å². The van der Waals surface area contributed by atoms with E-state index in [1.165, 1.54) is 52.3 Å². The van der Waals surface area contributed by atoms with Crippen molar-refractivity contribution in [2.24, 2.45) is 0 Å². The summed E-state index contributed by atoms with van der Waals surface area (Å²) in [5.41, 5.74) is 4.09. The Balaban J connectivity index is 0.000000179. The number of nitrogens with zero attached hydrogens (tertiary/aromatic N) is 11. The summed E-state index contributed by atoms with van der Waals surface area (Å²) in [5, 5.41) is 4.07. The lowest BCUT2D eigenvalue weighted by atomic mass is 10.1. The van der Waals surface area contributed by atoms with E-state index in [-0.39, 0.29) is 27.9 Å². The van der Waals surface area contributed by atoms with E-state index in [1.807, 2.05) is 12.4 Å². The molecule has 3 aliphatic heterocycles. The van der Waals surface area contributed by atoms with Crippen LogP contribution in [0, 0.1) is 11.6 Å². The molecule has 0 radical (unpaired) electrons. The largest absolute Gasteiger partial charge is 0.346 e. The van der Waals surface area contributed by atoms with Crippen molar-refractivity contribution < 1.29 is 25.6 Å². The minimum Gasteiger partial charge on any atom is -0.346 e. The summed E-state index contributed by atoms with van der Waals surface area (Å²) in [4.78, 5) is 23.6. The molecule has 2 aromatic carbocycles. The molecular weight excluding hydrogens is 983 g/mol. The number of nitrogens with one attached hydrogen (secondary N) is 1. The number of benzene rings is 2. The van der Waals surface area contributed by atoms with Gasteiger partial charge in [0.05, 0.1) is 48.5 Å². The minimum absolute atomic E-state index is 0.0194. The molecule has 2 atom stereocenters. The summed E-state index contributed by atoms with van der Waals surface area (Å²) >= 11 is 5.60. The van der Waals surface area contributed by atoms with E-state index >= 15 is 0 Å². The number of hydrogen-bond donors (Lipinski definition) is 1. The topological polar surface area (TPSA) is 158 Å². The van der Waals surface area contributed by atoms with Crippen LogP contribution in [0.5, 0.6) is 0 Å². The first-order valence-electron chi connectivity index (χ1n) is 21.3. The molecule has 6 aromatic rings. The molecule has 23 heteroatoms. The predicted molar refractivity (Wildman–Crippen MR) is 250 cm³/mol. The van der Waals surface area contributed by atoms with E-state index in [4.69, 9.17) is 0 Å². The van der Waals surface area contributed by atoms with Gasteiger partial charge in [-0.1, -0.05) is 46.9 Å². The lowest BCUT2D eigenvalue weighted by molar-refractivity contribution is 0.178. The zero-order valence-corrected chi connectivity index (χ0v) is 40.8. The maximum Gasteiger partial charge on any atom is 0.254 e. The van der Waals surface area contributed by atoms with Crippen molar-refractivity contribution in [1.82, 2.24) is 52.8 Å². The normalized spacial score (nSPS) is 18.3. The van der Waals surface area contributed by atoms with E-state index in [1.54, 1.807) is 41.2 Å². The third kappa shape index (κ3) is 11.2. The van der Waals surface area contributed by atoms with Crippen LogP contribution in [0.1, 0.15) is 48.4 Å². The zero-order chi connectivity index (χ0) is 45.7. The molecule has 3 fully saturated rings. The van der Waals surface area contributed by atoms with E-state index in [0.717, 1.165) is 65.2 Å². The second kappa shape index (κ2) is 20.9. The number of sulfonamides is 2. The number of rotatable bonds is 13. The van der Waals surface area contributed by atoms with Gasteiger partial charge >= 0.3 is 0 Å². The van der Waals surface area contributed by atoms with Gasteiger partial charge in [0, 0.05) is 104 Å². The lowest BCUT2D eigenvalue weighted by Gasteiger charge is -2.34. The molecule has 9 rings (SSSR count). The van der Waals surface area contributed by atoms with Crippen molar-refractivity contribution in [2.45, 2.75) is 47.4 Å². The Morgan fingerprint density at radius 2 is 1.05 bits per heavy atom. The highest BCUT2D eigenvalue weighted by Gasteiger charge is 2.33. The highest BCUT2D eigenvalue weighted by Crippen LogP contribution is 2.31. The molecule has 0 spiro atoms. The first-order chi connectivity index (χ1) is 31.3. The van der Waals surface area contributed by atoms with Gasteiger partial charge in [-0.25, -0.2) is 45.6 Å². The quantitative estimate of drug-likeness (QED) is 0.158. The maximum atomic E-state index is 13.3. The molecule has 1 N–H and O–H groups in total. The summed E-state index contributed by atoms with van der Waals surface area (Å²) in [6.07, 6.45) is 10.1. The standard InChI is InChI=1S/C23H30FN7O2S2.C19H21BrFN5O2S2/c1-18(19-2-4-20(24)5-3-19)31-17-26-14-21(31)16-28-10-12-30(13-11-28)35(32,33)22-15-27-23(34-22)29-8-6-25-7-9-29;1-14(15-2-4-16(21)5-3-15)26-13-22-10-17(26)12-24-6-8-25(9-7-24)30(27,28)18-11-23-19(20)29-18/h2-5,14-15,17-18,25H,6-13,16H2,1H3;2-5,10-11,13-14H,6-9,12H2,1H3/t18-;14-/m11/s1. The first-order valence-corrected chi connectivity index (χ1v) is 26.6. The average Bonchev–Trinajstić information content (AvgIpc) is 4.17. The van der Waals surface area contributed by atoms with E-state index < -0.39 is 20.0 Å². The van der Waals surface area contributed by atoms with E-state index in [2.05, 4.69) is 78.9 Å². The molecule has 0 amide bonds. The van der Waals surface area contributed by atoms with Crippen molar-refractivity contribution in [3.8, 4) is 0 Å². The van der Waals surface area contributed by atoms with E-state index in [0.29, 0.717) is 73.6 Å². The van der Waals surface area contributed by atoms with Gasteiger partial charge in [0.15, 0.2) is 17.5 Å². The fourth-order valence-corrected chi connectivity index (χ4v) is 14.2. The fourth-order valence-electron chi connectivity index (χ4n) is 8.11. The smallest absolute Gasteiger partial charge is 0.254 e. The maximum absolute atomic E-state index is 13.3. The Bertz CT molecular complexity index is 2710. The second-order valence-electron chi connectivity index (χ2n) is 16.0. The zero-order valence-electron chi connectivity index (χ0n) is 36.0. The molecule has 348 valence electrons. The molecule has 0 unspecified atom stereocenters. The van der Waals surface area contributed by atoms with Gasteiger partial charge in [0.2, 0.25) is 0 Å². The van der Waals surface area contributed by atoms with Crippen LogP contribution < -0.4 is 10.2 Å².